The molecule has 0 saturated heterocycles. The largest absolute Gasteiger partial charge is 0.506 e. The summed E-state index contributed by atoms with van der Waals surface area (Å²) >= 11 is 0. The number of fused-ring (bicyclic) bond motifs is 2. The van der Waals surface area contributed by atoms with Gasteiger partial charge in [0, 0.05) is 18.5 Å². The third-order valence-electron chi connectivity index (χ3n) is 4.94. The van der Waals surface area contributed by atoms with Gasteiger partial charge in [-0.1, -0.05) is 18.2 Å². The van der Waals surface area contributed by atoms with Gasteiger partial charge in [0.15, 0.2) is 6.61 Å². The molecule has 1 aliphatic heterocycles. The summed E-state index contributed by atoms with van der Waals surface area (Å²) in [6.07, 6.45) is 3.82. The number of aryl methyl sites for hydroxylation is 1. The maximum absolute atomic E-state index is 13.0. The van der Waals surface area contributed by atoms with Crippen molar-refractivity contribution in [2.45, 2.75) is 25.8 Å². The van der Waals surface area contributed by atoms with Gasteiger partial charge in [-0.25, -0.2) is 4.98 Å². The van der Waals surface area contributed by atoms with E-state index in [4.69, 9.17) is 4.74 Å². The molecule has 0 spiro atoms. The van der Waals surface area contributed by atoms with E-state index in [0.717, 1.165) is 18.7 Å². The Hall–Kier alpha value is -3.61. The first-order valence-corrected chi connectivity index (χ1v) is 9.45. The lowest BCUT2D eigenvalue weighted by Crippen LogP contribution is -2.23. The van der Waals surface area contributed by atoms with E-state index in [2.05, 4.69) is 16.9 Å². The monoisotopic (exact) mass is 391 g/mol. The summed E-state index contributed by atoms with van der Waals surface area (Å²) in [6, 6.07) is 9.94. The molecule has 0 radical (unpaired) electrons. The first kappa shape index (κ1) is 18.7. The Bertz CT molecular complexity index is 1170. The SMILES string of the molecule is C=CCc1c(OCC(=O)Nc2ccccc2O)ccc2nc3n(c(=O)c12)CCC3. The Balaban J connectivity index is 1.62. The predicted octanol–water partition coefficient (Wildman–Crippen LogP) is 2.79. The van der Waals surface area contributed by atoms with E-state index in [0.29, 0.717) is 40.9 Å². The fourth-order valence-corrected chi connectivity index (χ4v) is 3.61. The second-order valence-electron chi connectivity index (χ2n) is 6.87. The molecule has 2 heterocycles. The Morgan fingerprint density at radius 3 is 2.93 bits per heavy atom. The number of nitrogens with zero attached hydrogens (tertiary/aromatic N) is 2. The number of carbonyl (C=O) groups excluding carboxylic acids is 1. The van der Waals surface area contributed by atoms with E-state index in [-0.39, 0.29) is 17.9 Å². The number of benzene rings is 2. The van der Waals surface area contributed by atoms with Crippen LogP contribution in [-0.2, 0) is 24.2 Å². The highest BCUT2D eigenvalue weighted by molar-refractivity contribution is 5.93. The topological polar surface area (TPSA) is 93.4 Å². The molecule has 0 aliphatic carbocycles. The van der Waals surface area contributed by atoms with Crippen LogP contribution in [0.1, 0.15) is 17.8 Å². The first-order chi connectivity index (χ1) is 14.1. The van der Waals surface area contributed by atoms with E-state index in [1.807, 2.05) is 0 Å². The van der Waals surface area contributed by atoms with Crippen LogP contribution in [0.2, 0.25) is 0 Å². The number of para-hydroxylation sites is 2. The lowest BCUT2D eigenvalue weighted by molar-refractivity contribution is -0.118. The van der Waals surface area contributed by atoms with Gasteiger partial charge in [-0.3, -0.25) is 14.2 Å². The van der Waals surface area contributed by atoms with Crippen molar-refractivity contribution in [1.29, 1.82) is 0 Å². The summed E-state index contributed by atoms with van der Waals surface area (Å²) in [6.45, 7) is 4.18. The number of amides is 1. The number of anilines is 1. The van der Waals surface area contributed by atoms with Crippen LogP contribution in [0.4, 0.5) is 5.69 Å². The average Bonchev–Trinajstić information content (AvgIpc) is 3.18. The summed E-state index contributed by atoms with van der Waals surface area (Å²) in [7, 11) is 0. The van der Waals surface area contributed by atoms with Crippen LogP contribution in [0.5, 0.6) is 11.5 Å². The number of aromatic hydroxyl groups is 1. The van der Waals surface area contributed by atoms with Crippen LogP contribution in [0.3, 0.4) is 0 Å². The molecular weight excluding hydrogens is 370 g/mol. The molecular formula is C22H21N3O4. The Labute approximate surface area is 167 Å². The summed E-state index contributed by atoms with van der Waals surface area (Å²) < 4.78 is 7.44. The summed E-state index contributed by atoms with van der Waals surface area (Å²) in [4.78, 5) is 29.9. The lowest BCUT2D eigenvalue weighted by Gasteiger charge is -2.14. The van der Waals surface area contributed by atoms with Gasteiger partial charge in [-0.15, -0.1) is 6.58 Å². The lowest BCUT2D eigenvalue weighted by atomic mass is 10.0. The van der Waals surface area contributed by atoms with Crippen molar-refractivity contribution in [3.05, 3.63) is 70.8 Å². The Morgan fingerprint density at radius 2 is 2.14 bits per heavy atom. The van der Waals surface area contributed by atoms with Crippen molar-refractivity contribution in [3.8, 4) is 11.5 Å². The molecule has 3 aromatic rings. The molecule has 1 aliphatic rings. The molecule has 2 N–H and O–H groups in total. The number of allylic oxidation sites excluding steroid dienone is 1. The van der Waals surface area contributed by atoms with E-state index in [1.54, 1.807) is 41.0 Å². The van der Waals surface area contributed by atoms with Crippen LogP contribution in [0, 0.1) is 0 Å². The number of hydrogen-bond donors (Lipinski definition) is 2. The maximum atomic E-state index is 13.0. The Morgan fingerprint density at radius 1 is 1.31 bits per heavy atom. The van der Waals surface area contributed by atoms with Crippen molar-refractivity contribution in [1.82, 2.24) is 9.55 Å². The molecule has 1 amide bonds. The number of phenols is 1. The van der Waals surface area contributed by atoms with Crippen molar-refractivity contribution in [3.63, 3.8) is 0 Å². The highest BCUT2D eigenvalue weighted by Gasteiger charge is 2.20. The van der Waals surface area contributed by atoms with Gasteiger partial charge in [0.1, 0.15) is 17.3 Å². The molecule has 148 valence electrons. The fraction of sp³-hybridized carbons (Fsp3) is 0.227. The third-order valence-corrected chi connectivity index (χ3v) is 4.94. The van der Waals surface area contributed by atoms with Crippen molar-refractivity contribution in [2.24, 2.45) is 0 Å². The number of aromatic nitrogens is 2. The molecule has 0 atom stereocenters. The molecule has 7 nitrogen and oxygen atoms in total. The zero-order chi connectivity index (χ0) is 20.4. The molecule has 0 fully saturated rings. The third kappa shape index (κ3) is 3.59. The second-order valence-corrected chi connectivity index (χ2v) is 6.87. The number of carbonyl (C=O) groups is 1. The standard InChI is InChI=1S/C22H21N3O4/c1-2-6-14-18(29-13-20(27)24-15-7-3-4-8-17(15)26)11-10-16-21(14)22(28)25-12-5-9-19(25)23-16/h2-4,7-8,10-11,26H,1,5-6,9,12-13H2,(H,24,27). The van der Waals surface area contributed by atoms with Crippen LogP contribution in [0.15, 0.2) is 53.8 Å². The van der Waals surface area contributed by atoms with Crippen molar-refractivity contribution >= 4 is 22.5 Å². The van der Waals surface area contributed by atoms with Crippen LogP contribution >= 0.6 is 0 Å². The molecule has 0 unspecified atom stereocenters. The highest BCUT2D eigenvalue weighted by Crippen LogP contribution is 2.28. The molecule has 4 rings (SSSR count). The van der Waals surface area contributed by atoms with Gasteiger partial charge in [0.2, 0.25) is 0 Å². The number of rotatable bonds is 6. The van der Waals surface area contributed by atoms with E-state index in [1.165, 1.54) is 6.07 Å². The van der Waals surface area contributed by atoms with Crippen LogP contribution in [-0.4, -0.2) is 27.2 Å². The van der Waals surface area contributed by atoms with Gasteiger partial charge in [0.25, 0.3) is 11.5 Å². The summed E-state index contributed by atoms with van der Waals surface area (Å²) in [5.74, 6) is 0.817. The van der Waals surface area contributed by atoms with E-state index >= 15 is 0 Å². The minimum absolute atomic E-state index is 0.0214. The van der Waals surface area contributed by atoms with E-state index in [9.17, 15) is 14.7 Å². The Kier molecular flexibility index (Phi) is 5.03. The number of hydrogen-bond acceptors (Lipinski definition) is 5. The van der Waals surface area contributed by atoms with Gasteiger partial charge in [-0.05, 0) is 37.1 Å². The fourth-order valence-electron chi connectivity index (χ4n) is 3.61. The molecule has 29 heavy (non-hydrogen) atoms. The van der Waals surface area contributed by atoms with Crippen molar-refractivity contribution < 1.29 is 14.6 Å². The molecule has 0 saturated carbocycles. The van der Waals surface area contributed by atoms with Gasteiger partial charge >= 0.3 is 0 Å². The number of phenolic OH excluding ortho intramolecular Hbond substituents is 1. The quantitative estimate of drug-likeness (QED) is 0.498. The predicted molar refractivity (Wildman–Crippen MR) is 110 cm³/mol. The summed E-state index contributed by atoms with van der Waals surface area (Å²) in [5.41, 5.74) is 1.53. The first-order valence-electron chi connectivity index (χ1n) is 9.45. The minimum Gasteiger partial charge on any atom is -0.506 e. The maximum Gasteiger partial charge on any atom is 0.262 e. The zero-order valence-electron chi connectivity index (χ0n) is 15.9. The number of nitrogens with one attached hydrogen (secondary N) is 1. The minimum atomic E-state index is -0.417. The van der Waals surface area contributed by atoms with E-state index < -0.39 is 5.91 Å². The van der Waals surface area contributed by atoms with Gasteiger partial charge < -0.3 is 15.2 Å². The molecule has 2 aromatic carbocycles. The van der Waals surface area contributed by atoms with Crippen LogP contribution in [0.25, 0.3) is 10.9 Å². The molecule has 1 aromatic heterocycles. The molecule has 7 heteroatoms. The van der Waals surface area contributed by atoms with Crippen LogP contribution < -0.4 is 15.6 Å². The zero-order valence-corrected chi connectivity index (χ0v) is 15.9. The molecule has 0 bridgehead atoms. The normalized spacial score (nSPS) is 12.6. The average molecular weight is 391 g/mol. The highest BCUT2D eigenvalue weighted by atomic mass is 16.5. The smallest absolute Gasteiger partial charge is 0.262 e. The van der Waals surface area contributed by atoms with Gasteiger partial charge in [0.05, 0.1) is 16.6 Å². The van der Waals surface area contributed by atoms with Crippen molar-refractivity contribution in [2.75, 3.05) is 11.9 Å². The second kappa shape index (κ2) is 7.79. The number of ether oxygens (including phenoxy) is 1. The van der Waals surface area contributed by atoms with Gasteiger partial charge in [-0.2, -0.15) is 0 Å². The summed E-state index contributed by atoms with van der Waals surface area (Å²) in [5, 5.41) is 12.9.